The molecule has 3 heteroatoms. The van der Waals surface area contributed by atoms with E-state index in [1.807, 2.05) is 12.4 Å². The summed E-state index contributed by atoms with van der Waals surface area (Å²) in [6, 6.07) is 0. The molecule has 0 aliphatic heterocycles. The molecule has 2 atom stereocenters. The van der Waals surface area contributed by atoms with E-state index >= 15 is 0 Å². The van der Waals surface area contributed by atoms with Crippen LogP contribution < -0.4 is 0 Å². The highest BCUT2D eigenvalue weighted by atomic mass is 16.1. The summed E-state index contributed by atoms with van der Waals surface area (Å²) in [5.74, 6) is 2.17. The first-order valence-corrected chi connectivity index (χ1v) is 7.51. The number of carbonyl (C=O) groups excluding carboxylic acids is 1. The quantitative estimate of drug-likeness (QED) is 0.831. The van der Waals surface area contributed by atoms with Crippen molar-refractivity contribution in [2.75, 3.05) is 0 Å². The van der Waals surface area contributed by atoms with Crippen LogP contribution in [0.25, 0.3) is 0 Å². The molecule has 2 rings (SSSR count). The molecule has 1 aromatic rings. The molecular weight excluding hydrogens is 236 g/mol. The van der Waals surface area contributed by atoms with Gasteiger partial charge in [-0.15, -0.1) is 0 Å². The average molecular weight is 262 g/mol. The van der Waals surface area contributed by atoms with Gasteiger partial charge in [0.15, 0.2) is 0 Å². The zero-order chi connectivity index (χ0) is 14.0. The Bertz CT molecular complexity index is 447. The van der Waals surface area contributed by atoms with Gasteiger partial charge in [0.2, 0.25) is 0 Å². The van der Waals surface area contributed by atoms with Gasteiger partial charge < -0.3 is 4.57 Å². The van der Waals surface area contributed by atoms with Crippen LogP contribution in [0.2, 0.25) is 0 Å². The van der Waals surface area contributed by atoms with Crippen LogP contribution >= 0.6 is 0 Å². The largest absolute Gasteiger partial charge is 0.334 e. The van der Waals surface area contributed by atoms with Crippen LogP contribution in [0.1, 0.15) is 59.2 Å². The minimum Gasteiger partial charge on any atom is -0.334 e. The Morgan fingerprint density at radius 2 is 2.16 bits per heavy atom. The molecule has 1 fully saturated rings. The van der Waals surface area contributed by atoms with E-state index in [1.54, 1.807) is 0 Å². The molecule has 0 saturated heterocycles. The van der Waals surface area contributed by atoms with Crippen molar-refractivity contribution in [3.8, 4) is 0 Å². The van der Waals surface area contributed by atoms with Crippen molar-refractivity contribution in [3.05, 3.63) is 18.2 Å². The van der Waals surface area contributed by atoms with Gasteiger partial charge in [-0.1, -0.05) is 27.7 Å². The van der Waals surface area contributed by atoms with E-state index in [0.29, 0.717) is 11.7 Å². The predicted molar refractivity (Wildman–Crippen MR) is 77.1 cm³/mol. The van der Waals surface area contributed by atoms with Gasteiger partial charge in [-0.3, -0.25) is 4.79 Å². The van der Waals surface area contributed by atoms with Gasteiger partial charge in [-0.2, -0.15) is 0 Å². The lowest BCUT2D eigenvalue weighted by molar-refractivity contribution is -0.128. The maximum absolute atomic E-state index is 12.4. The van der Waals surface area contributed by atoms with Crippen molar-refractivity contribution in [2.45, 2.75) is 65.3 Å². The standard InChI is InChI=1S/C16H26N2O/c1-5-9-18-10-8-17-15(18)16(3,4)13-7-6-12(2)11-14(13)19/h8,10,12-13H,5-7,9,11H2,1-4H3. The zero-order valence-electron chi connectivity index (χ0n) is 12.6. The monoisotopic (exact) mass is 262 g/mol. The maximum atomic E-state index is 12.4. The van der Waals surface area contributed by atoms with E-state index in [4.69, 9.17) is 0 Å². The Balaban J connectivity index is 2.25. The smallest absolute Gasteiger partial charge is 0.137 e. The van der Waals surface area contributed by atoms with Crippen molar-refractivity contribution in [2.24, 2.45) is 11.8 Å². The van der Waals surface area contributed by atoms with Crippen molar-refractivity contribution in [1.29, 1.82) is 0 Å². The third kappa shape index (κ3) is 2.75. The van der Waals surface area contributed by atoms with Crippen LogP contribution in [0, 0.1) is 11.8 Å². The number of aryl methyl sites for hydroxylation is 1. The number of aromatic nitrogens is 2. The van der Waals surface area contributed by atoms with Gasteiger partial charge in [0.25, 0.3) is 0 Å². The number of hydrogen-bond acceptors (Lipinski definition) is 2. The third-order valence-corrected chi connectivity index (χ3v) is 4.51. The van der Waals surface area contributed by atoms with E-state index in [2.05, 4.69) is 37.2 Å². The van der Waals surface area contributed by atoms with E-state index in [9.17, 15) is 4.79 Å². The second-order valence-electron chi connectivity index (χ2n) is 6.57. The maximum Gasteiger partial charge on any atom is 0.137 e. The van der Waals surface area contributed by atoms with Crippen molar-refractivity contribution in [3.63, 3.8) is 0 Å². The fourth-order valence-electron chi connectivity index (χ4n) is 3.41. The Morgan fingerprint density at radius 1 is 1.42 bits per heavy atom. The highest BCUT2D eigenvalue weighted by Gasteiger charge is 2.41. The molecule has 1 saturated carbocycles. The van der Waals surface area contributed by atoms with Crippen LogP contribution in [0.4, 0.5) is 0 Å². The molecule has 0 aromatic carbocycles. The number of carbonyl (C=O) groups is 1. The first kappa shape index (κ1) is 14.3. The molecule has 1 aliphatic rings. The minimum absolute atomic E-state index is 0.127. The number of imidazole rings is 1. The third-order valence-electron chi connectivity index (χ3n) is 4.51. The van der Waals surface area contributed by atoms with Crippen molar-refractivity contribution < 1.29 is 4.79 Å². The molecule has 1 aromatic heterocycles. The zero-order valence-corrected chi connectivity index (χ0v) is 12.6. The van der Waals surface area contributed by atoms with Gasteiger partial charge in [0.05, 0.1) is 0 Å². The Morgan fingerprint density at radius 3 is 2.79 bits per heavy atom. The second kappa shape index (κ2) is 5.48. The van der Waals surface area contributed by atoms with Gasteiger partial charge in [-0.05, 0) is 25.2 Å². The lowest BCUT2D eigenvalue weighted by Gasteiger charge is -2.37. The van der Waals surface area contributed by atoms with Crippen LogP contribution in [0.3, 0.4) is 0 Å². The molecular formula is C16H26N2O. The summed E-state index contributed by atoms with van der Waals surface area (Å²) < 4.78 is 2.21. The topological polar surface area (TPSA) is 34.9 Å². The SMILES string of the molecule is CCCn1ccnc1C(C)(C)C1CCC(C)CC1=O. The van der Waals surface area contributed by atoms with Gasteiger partial charge in [0, 0.05) is 36.7 Å². The number of hydrogen-bond donors (Lipinski definition) is 0. The van der Waals surface area contributed by atoms with Crippen molar-refractivity contribution >= 4 is 5.78 Å². The summed E-state index contributed by atoms with van der Waals surface area (Å²) in [5, 5.41) is 0. The Hall–Kier alpha value is -1.12. The van der Waals surface area contributed by atoms with Gasteiger partial charge in [0.1, 0.15) is 11.6 Å². The van der Waals surface area contributed by atoms with Gasteiger partial charge in [-0.25, -0.2) is 4.98 Å². The average Bonchev–Trinajstić information content (AvgIpc) is 2.78. The summed E-state index contributed by atoms with van der Waals surface area (Å²) in [6.07, 6.45) is 7.90. The molecule has 106 valence electrons. The van der Waals surface area contributed by atoms with Crippen LogP contribution in [0.15, 0.2) is 12.4 Å². The molecule has 0 amide bonds. The molecule has 2 unspecified atom stereocenters. The summed E-state index contributed by atoms with van der Waals surface area (Å²) in [7, 11) is 0. The molecule has 0 N–H and O–H groups in total. The van der Waals surface area contributed by atoms with Crippen LogP contribution in [0.5, 0.6) is 0 Å². The van der Waals surface area contributed by atoms with Crippen LogP contribution in [-0.4, -0.2) is 15.3 Å². The number of ketones is 1. The molecule has 3 nitrogen and oxygen atoms in total. The van der Waals surface area contributed by atoms with Crippen LogP contribution in [-0.2, 0) is 16.8 Å². The first-order chi connectivity index (χ1) is 8.96. The number of Topliss-reactive ketones (excluding diaryl/α,β-unsaturated/α-hetero) is 1. The molecule has 0 radical (unpaired) electrons. The highest BCUT2D eigenvalue weighted by Crippen LogP contribution is 2.39. The molecule has 1 aliphatic carbocycles. The fourth-order valence-corrected chi connectivity index (χ4v) is 3.41. The lowest BCUT2D eigenvalue weighted by Crippen LogP contribution is -2.40. The lowest BCUT2D eigenvalue weighted by atomic mass is 9.68. The normalized spacial score (nSPS) is 24.7. The summed E-state index contributed by atoms with van der Waals surface area (Å²) in [5.41, 5.74) is -0.157. The Labute approximate surface area is 116 Å². The first-order valence-electron chi connectivity index (χ1n) is 7.51. The molecule has 1 heterocycles. The van der Waals surface area contributed by atoms with E-state index in [0.717, 1.165) is 38.1 Å². The van der Waals surface area contributed by atoms with E-state index in [-0.39, 0.29) is 11.3 Å². The molecule has 0 spiro atoms. The molecule has 0 bridgehead atoms. The van der Waals surface area contributed by atoms with E-state index < -0.39 is 0 Å². The summed E-state index contributed by atoms with van der Waals surface area (Å²) in [4.78, 5) is 16.9. The number of nitrogens with zero attached hydrogens (tertiary/aromatic N) is 2. The Kier molecular flexibility index (Phi) is 4.12. The van der Waals surface area contributed by atoms with Crippen molar-refractivity contribution in [1.82, 2.24) is 9.55 Å². The predicted octanol–water partition coefficient (Wildman–Crippen LogP) is 3.58. The minimum atomic E-state index is -0.157. The number of rotatable bonds is 4. The highest BCUT2D eigenvalue weighted by molar-refractivity contribution is 5.83. The summed E-state index contributed by atoms with van der Waals surface area (Å²) in [6.45, 7) is 9.69. The fraction of sp³-hybridized carbons (Fsp3) is 0.750. The summed E-state index contributed by atoms with van der Waals surface area (Å²) >= 11 is 0. The molecule has 19 heavy (non-hydrogen) atoms. The van der Waals surface area contributed by atoms with Gasteiger partial charge >= 0.3 is 0 Å². The second-order valence-corrected chi connectivity index (χ2v) is 6.57. The van der Waals surface area contributed by atoms with E-state index in [1.165, 1.54) is 0 Å².